The molecule has 1 aromatic carbocycles. The van der Waals surface area contributed by atoms with Crippen molar-refractivity contribution in [1.82, 2.24) is 9.13 Å². The Hall–Kier alpha value is -2.63. The van der Waals surface area contributed by atoms with Crippen LogP contribution in [0.15, 0.2) is 52.2 Å². The minimum absolute atomic E-state index is 0.291. The number of aliphatic carboxylic acids is 1. The summed E-state index contributed by atoms with van der Waals surface area (Å²) in [6.45, 7) is -0.340. The maximum Gasteiger partial charge on any atom is 0.331 e. The van der Waals surface area contributed by atoms with E-state index < -0.39 is 23.8 Å². The summed E-state index contributed by atoms with van der Waals surface area (Å²) in [4.78, 5) is 34.1. The minimum Gasteiger partial charge on any atom is -0.480 e. The van der Waals surface area contributed by atoms with Crippen molar-refractivity contribution < 1.29 is 9.90 Å². The first kappa shape index (κ1) is 12.8. The molecule has 1 heterocycles. The molecule has 0 saturated heterocycles. The highest BCUT2D eigenvalue weighted by Gasteiger charge is 2.08. The van der Waals surface area contributed by atoms with Crippen molar-refractivity contribution in [2.75, 3.05) is 0 Å². The van der Waals surface area contributed by atoms with Crippen molar-refractivity contribution in [2.45, 2.75) is 13.1 Å². The number of hydrogen-bond acceptors (Lipinski definition) is 3. The molecule has 6 heteroatoms. The van der Waals surface area contributed by atoms with Gasteiger partial charge in [0.1, 0.15) is 6.54 Å². The molecule has 0 fully saturated rings. The van der Waals surface area contributed by atoms with Crippen LogP contribution in [0.25, 0.3) is 0 Å². The van der Waals surface area contributed by atoms with E-state index in [9.17, 15) is 14.4 Å². The first-order valence-corrected chi connectivity index (χ1v) is 5.64. The van der Waals surface area contributed by atoms with Crippen molar-refractivity contribution in [3.63, 3.8) is 0 Å². The fourth-order valence-electron chi connectivity index (χ4n) is 1.74. The lowest BCUT2D eigenvalue weighted by atomic mass is 10.2. The number of aromatic nitrogens is 2. The predicted octanol–water partition coefficient (Wildman–Crippen LogP) is 0.143. The lowest BCUT2D eigenvalue weighted by molar-refractivity contribution is -0.137. The molecule has 2 aromatic rings. The third-order valence-corrected chi connectivity index (χ3v) is 2.63. The Kier molecular flexibility index (Phi) is 3.61. The van der Waals surface area contributed by atoms with Crippen LogP contribution < -0.4 is 11.2 Å². The second-order valence-electron chi connectivity index (χ2n) is 4.03. The molecule has 0 aliphatic rings. The third kappa shape index (κ3) is 2.98. The summed E-state index contributed by atoms with van der Waals surface area (Å²) in [5.74, 6) is -1.23. The molecule has 98 valence electrons. The monoisotopic (exact) mass is 260 g/mol. The van der Waals surface area contributed by atoms with Gasteiger partial charge in [0.05, 0.1) is 6.54 Å². The first-order valence-electron chi connectivity index (χ1n) is 5.64. The molecule has 0 amide bonds. The Morgan fingerprint density at radius 2 is 1.79 bits per heavy atom. The summed E-state index contributed by atoms with van der Waals surface area (Å²) in [6.07, 6.45) is 1.37. The van der Waals surface area contributed by atoms with Gasteiger partial charge >= 0.3 is 11.7 Å². The van der Waals surface area contributed by atoms with Gasteiger partial charge in [0.25, 0.3) is 5.56 Å². The SMILES string of the molecule is O=C(O)Cn1c(=O)ccn(Cc2ccccc2)c1=O. The largest absolute Gasteiger partial charge is 0.480 e. The summed E-state index contributed by atoms with van der Waals surface area (Å²) < 4.78 is 2.00. The molecule has 0 atom stereocenters. The Morgan fingerprint density at radius 3 is 2.42 bits per heavy atom. The zero-order chi connectivity index (χ0) is 13.8. The van der Waals surface area contributed by atoms with Gasteiger partial charge in [0.15, 0.2) is 0 Å². The van der Waals surface area contributed by atoms with Crippen LogP contribution in [-0.4, -0.2) is 20.2 Å². The van der Waals surface area contributed by atoms with Crippen molar-refractivity contribution >= 4 is 5.97 Å². The number of carboxylic acid groups (broad SMARTS) is 1. The van der Waals surface area contributed by atoms with Gasteiger partial charge in [-0.15, -0.1) is 0 Å². The molecule has 0 aliphatic carbocycles. The summed E-state index contributed by atoms with van der Waals surface area (Å²) in [7, 11) is 0. The zero-order valence-electron chi connectivity index (χ0n) is 10.0. The number of carboxylic acids is 1. The maximum atomic E-state index is 12.0. The lowest BCUT2D eigenvalue weighted by Crippen LogP contribution is -2.40. The second kappa shape index (κ2) is 5.34. The summed E-state index contributed by atoms with van der Waals surface area (Å²) >= 11 is 0. The van der Waals surface area contributed by atoms with Crippen LogP contribution in [0.5, 0.6) is 0 Å². The van der Waals surface area contributed by atoms with E-state index >= 15 is 0 Å². The zero-order valence-corrected chi connectivity index (χ0v) is 10.0. The number of benzene rings is 1. The van der Waals surface area contributed by atoms with Crippen LogP contribution in [-0.2, 0) is 17.9 Å². The minimum atomic E-state index is -1.23. The average Bonchev–Trinajstić information content (AvgIpc) is 2.39. The second-order valence-corrected chi connectivity index (χ2v) is 4.03. The van der Waals surface area contributed by atoms with E-state index in [2.05, 4.69) is 0 Å². The number of carbonyl (C=O) groups is 1. The molecular weight excluding hydrogens is 248 g/mol. The van der Waals surface area contributed by atoms with Gasteiger partial charge in [0, 0.05) is 12.3 Å². The molecule has 2 rings (SSSR count). The first-order chi connectivity index (χ1) is 9.08. The number of rotatable bonds is 4. The molecule has 0 bridgehead atoms. The van der Waals surface area contributed by atoms with Gasteiger partial charge in [-0.05, 0) is 5.56 Å². The standard InChI is InChI=1S/C13H12N2O4/c16-11-6-7-14(8-10-4-2-1-3-5-10)13(19)15(11)9-12(17)18/h1-7H,8-9H2,(H,17,18). The number of hydrogen-bond donors (Lipinski definition) is 1. The van der Waals surface area contributed by atoms with Crippen LogP contribution in [0.3, 0.4) is 0 Å². The molecule has 1 aromatic heterocycles. The van der Waals surface area contributed by atoms with Crippen molar-refractivity contribution in [3.05, 3.63) is 69.0 Å². The predicted molar refractivity (Wildman–Crippen MR) is 68.1 cm³/mol. The fraction of sp³-hybridized carbons (Fsp3) is 0.154. The molecular formula is C13H12N2O4. The number of nitrogens with zero attached hydrogens (tertiary/aromatic N) is 2. The molecule has 6 nitrogen and oxygen atoms in total. The van der Waals surface area contributed by atoms with Crippen LogP contribution in [0.4, 0.5) is 0 Å². The van der Waals surface area contributed by atoms with E-state index in [1.54, 1.807) is 0 Å². The van der Waals surface area contributed by atoms with Gasteiger partial charge in [0.2, 0.25) is 0 Å². The topological polar surface area (TPSA) is 81.3 Å². The Labute approximate surface area is 108 Å². The van der Waals surface area contributed by atoms with E-state index in [1.165, 1.54) is 16.8 Å². The fourth-order valence-corrected chi connectivity index (χ4v) is 1.74. The molecule has 0 unspecified atom stereocenters. The lowest BCUT2D eigenvalue weighted by Gasteiger charge is -2.08. The smallest absolute Gasteiger partial charge is 0.331 e. The molecule has 0 saturated carbocycles. The van der Waals surface area contributed by atoms with Crippen LogP contribution in [0, 0.1) is 0 Å². The van der Waals surface area contributed by atoms with E-state index in [-0.39, 0.29) is 0 Å². The van der Waals surface area contributed by atoms with Crippen molar-refractivity contribution in [2.24, 2.45) is 0 Å². The highest BCUT2D eigenvalue weighted by atomic mass is 16.4. The van der Waals surface area contributed by atoms with E-state index in [1.807, 2.05) is 30.3 Å². The Bertz CT molecular complexity index is 701. The molecule has 0 radical (unpaired) electrons. The summed E-state index contributed by atoms with van der Waals surface area (Å²) in [6, 6.07) is 10.4. The van der Waals surface area contributed by atoms with Gasteiger partial charge in [-0.3, -0.25) is 14.2 Å². The molecule has 0 spiro atoms. The quantitative estimate of drug-likeness (QED) is 0.848. The normalized spacial score (nSPS) is 10.3. The molecule has 19 heavy (non-hydrogen) atoms. The molecule has 0 aliphatic heterocycles. The van der Waals surface area contributed by atoms with Crippen LogP contribution in [0.1, 0.15) is 5.56 Å². The van der Waals surface area contributed by atoms with Gasteiger partial charge < -0.3 is 5.11 Å². The van der Waals surface area contributed by atoms with Crippen LogP contribution in [0.2, 0.25) is 0 Å². The van der Waals surface area contributed by atoms with E-state index in [4.69, 9.17) is 5.11 Å². The van der Waals surface area contributed by atoms with Gasteiger partial charge in [-0.25, -0.2) is 9.36 Å². The third-order valence-electron chi connectivity index (χ3n) is 2.63. The average molecular weight is 260 g/mol. The van der Waals surface area contributed by atoms with Crippen molar-refractivity contribution in [1.29, 1.82) is 0 Å². The summed E-state index contributed by atoms with van der Waals surface area (Å²) in [5, 5.41) is 8.69. The summed E-state index contributed by atoms with van der Waals surface area (Å²) in [5.41, 5.74) is -0.347. The maximum absolute atomic E-state index is 12.0. The van der Waals surface area contributed by atoms with Gasteiger partial charge in [-0.2, -0.15) is 0 Å². The van der Waals surface area contributed by atoms with Gasteiger partial charge in [-0.1, -0.05) is 30.3 Å². The molecule has 1 N–H and O–H groups in total. The van der Waals surface area contributed by atoms with E-state index in [0.717, 1.165) is 5.56 Å². The van der Waals surface area contributed by atoms with Crippen molar-refractivity contribution in [3.8, 4) is 0 Å². The van der Waals surface area contributed by atoms with Crippen LogP contribution >= 0.6 is 0 Å². The Morgan fingerprint density at radius 1 is 1.11 bits per heavy atom. The van der Waals surface area contributed by atoms with E-state index in [0.29, 0.717) is 11.1 Å². The Balaban J connectivity index is 2.40. The highest BCUT2D eigenvalue weighted by Crippen LogP contribution is 1.99. The highest BCUT2D eigenvalue weighted by molar-refractivity contribution is 5.66.